The van der Waals surface area contributed by atoms with Crippen LogP contribution < -0.4 is 4.74 Å². The number of nitrogens with zero attached hydrogens (tertiary/aromatic N) is 1. The third-order valence-electron chi connectivity index (χ3n) is 2.85. The number of rotatable bonds is 3. The van der Waals surface area contributed by atoms with Gasteiger partial charge in [-0.25, -0.2) is 0 Å². The van der Waals surface area contributed by atoms with Crippen LogP contribution in [0.4, 0.5) is 13.2 Å². The summed E-state index contributed by atoms with van der Waals surface area (Å²) in [5.41, 5.74) is -0.611. The van der Waals surface area contributed by atoms with E-state index >= 15 is 0 Å². The van der Waals surface area contributed by atoms with Gasteiger partial charge in [0.1, 0.15) is 11.4 Å². The topological polar surface area (TPSA) is 46.0 Å². The van der Waals surface area contributed by atoms with Crippen molar-refractivity contribution in [3.05, 3.63) is 56.8 Å². The molecule has 0 bridgehead atoms. The maximum Gasteiger partial charge on any atom is 0.417 e. The first kappa shape index (κ1) is 16.8. The number of hydrogen-bond acceptors (Lipinski definition) is 3. The molecule has 1 heterocycles. The molecule has 0 saturated heterocycles. The van der Waals surface area contributed by atoms with E-state index in [0.717, 1.165) is 6.07 Å². The minimum absolute atomic E-state index is 0.0215. The monoisotopic (exact) mass is 392 g/mol. The van der Waals surface area contributed by atoms with E-state index in [2.05, 4.69) is 20.9 Å². The number of alkyl halides is 3. The van der Waals surface area contributed by atoms with Gasteiger partial charge in [0, 0.05) is 11.8 Å². The summed E-state index contributed by atoms with van der Waals surface area (Å²) in [6.07, 6.45) is -3.87. The summed E-state index contributed by atoms with van der Waals surface area (Å²) in [5.74, 6) is 0.572. The lowest BCUT2D eigenvalue weighted by Crippen LogP contribution is -2.10. The molecular weight excluding hydrogens is 385 g/mol. The van der Waals surface area contributed by atoms with Crippen LogP contribution in [-0.4, -0.2) is 17.8 Å². The lowest BCUT2D eigenvalue weighted by molar-refractivity contribution is -0.137. The van der Waals surface area contributed by atoms with Crippen LogP contribution in [0.5, 0.6) is 5.75 Å². The Bertz CT molecular complexity index is 735. The Balaban J connectivity index is 2.40. The van der Waals surface area contributed by atoms with Gasteiger partial charge in [-0.2, -0.15) is 13.2 Å². The predicted molar refractivity (Wildman–Crippen MR) is 80.9 cm³/mol. The summed E-state index contributed by atoms with van der Waals surface area (Å²) < 4.78 is 43.5. The van der Waals surface area contributed by atoms with Crippen LogP contribution in [-0.2, 0) is 6.18 Å². The van der Waals surface area contributed by atoms with Gasteiger partial charge in [0.25, 0.3) is 0 Å². The summed E-state index contributed by atoms with van der Waals surface area (Å²) >= 11 is 9.12. The van der Waals surface area contributed by atoms with Crippen LogP contribution in [0.15, 0.2) is 34.9 Å². The van der Waals surface area contributed by atoms with Crippen LogP contribution >= 0.6 is 27.5 Å². The molecule has 0 atom stereocenters. The molecule has 1 aromatic carbocycles. The van der Waals surface area contributed by atoms with E-state index in [9.17, 15) is 13.2 Å². The van der Waals surface area contributed by atoms with Crippen LogP contribution in [0.2, 0.25) is 5.02 Å². The zero-order chi connectivity index (χ0) is 16.5. The van der Waals surface area contributed by atoms with E-state index in [0.29, 0.717) is 22.0 Å². The molecule has 0 aliphatic heterocycles. The van der Waals surface area contributed by atoms with Crippen molar-refractivity contribution in [3.63, 3.8) is 0 Å². The highest BCUT2D eigenvalue weighted by Crippen LogP contribution is 2.32. The standard InChI is InChI=1S/C14H9BrClF3N2O/c1-22-11-3-2-7(4-9(11)15)12(20)13-10(16)5-8(6-21-13)14(17,18)19/h2-6,20H,1H3. The Kier molecular flexibility index (Phi) is 4.77. The summed E-state index contributed by atoms with van der Waals surface area (Å²) in [7, 11) is 1.50. The Morgan fingerprint density at radius 3 is 2.50 bits per heavy atom. The summed E-state index contributed by atoms with van der Waals surface area (Å²) in [5, 5.41) is 7.84. The smallest absolute Gasteiger partial charge is 0.417 e. The molecule has 0 radical (unpaired) electrons. The molecular formula is C14H9BrClF3N2O. The summed E-state index contributed by atoms with van der Waals surface area (Å²) in [6.45, 7) is 0. The molecule has 0 amide bonds. The predicted octanol–water partition coefficient (Wildman–Crippen LogP) is 4.94. The zero-order valence-electron chi connectivity index (χ0n) is 11.1. The number of aromatic nitrogens is 1. The SMILES string of the molecule is COc1ccc(C(=N)c2ncc(C(F)(F)F)cc2Cl)cc1Br. The fourth-order valence-corrected chi connectivity index (χ4v) is 2.54. The second-order valence-electron chi connectivity index (χ2n) is 4.28. The van der Waals surface area contributed by atoms with Crippen molar-refractivity contribution in [1.82, 2.24) is 4.98 Å². The number of benzene rings is 1. The van der Waals surface area contributed by atoms with E-state index < -0.39 is 11.7 Å². The molecule has 0 unspecified atom stereocenters. The Morgan fingerprint density at radius 1 is 1.32 bits per heavy atom. The highest BCUT2D eigenvalue weighted by molar-refractivity contribution is 9.10. The Morgan fingerprint density at radius 2 is 2.00 bits per heavy atom. The van der Waals surface area contributed by atoms with Gasteiger partial charge in [0.2, 0.25) is 0 Å². The van der Waals surface area contributed by atoms with Gasteiger partial charge in [-0.1, -0.05) is 11.6 Å². The van der Waals surface area contributed by atoms with Crippen LogP contribution in [0.3, 0.4) is 0 Å². The van der Waals surface area contributed by atoms with E-state index in [1.807, 2.05) is 0 Å². The van der Waals surface area contributed by atoms with E-state index in [4.69, 9.17) is 21.7 Å². The summed E-state index contributed by atoms with van der Waals surface area (Å²) in [6, 6.07) is 5.60. The lowest BCUT2D eigenvalue weighted by atomic mass is 10.1. The number of nitrogens with one attached hydrogen (secondary N) is 1. The van der Waals surface area contributed by atoms with Crippen LogP contribution in [0, 0.1) is 5.41 Å². The minimum atomic E-state index is -4.53. The molecule has 8 heteroatoms. The van der Waals surface area contributed by atoms with Crippen molar-refractivity contribution in [3.8, 4) is 5.75 Å². The quantitative estimate of drug-likeness (QED) is 0.751. The highest BCUT2D eigenvalue weighted by Gasteiger charge is 2.32. The van der Waals surface area contributed by atoms with Crippen molar-refractivity contribution in [2.24, 2.45) is 0 Å². The minimum Gasteiger partial charge on any atom is -0.496 e. The number of ether oxygens (including phenoxy) is 1. The molecule has 0 fully saturated rings. The Labute approximate surface area is 137 Å². The highest BCUT2D eigenvalue weighted by atomic mass is 79.9. The molecule has 2 aromatic rings. The average molecular weight is 394 g/mol. The molecule has 1 N–H and O–H groups in total. The van der Waals surface area contributed by atoms with Gasteiger partial charge in [-0.05, 0) is 40.2 Å². The second kappa shape index (κ2) is 6.26. The first-order valence-electron chi connectivity index (χ1n) is 5.89. The third-order valence-corrected chi connectivity index (χ3v) is 3.75. The maximum atomic E-state index is 12.6. The number of pyridine rings is 1. The molecule has 2 rings (SSSR count). The van der Waals surface area contributed by atoms with Gasteiger partial charge >= 0.3 is 6.18 Å². The number of methoxy groups -OCH3 is 1. The van der Waals surface area contributed by atoms with E-state index in [1.54, 1.807) is 18.2 Å². The molecule has 3 nitrogen and oxygen atoms in total. The number of halogens is 5. The van der Waals surface area contributed by atoms with Crippen molar-refractivity contribution in [2.45, 2.75) is 6.18 Å². The Hall–Kier alpha value is -1.60. The van der Waals surface area contributed by atoms with Crippen molar-refractivity contribution < 1.29 is 17.9 Å². The summed E-state index contributed by atoms with van der Waals surface area (Å²) in [4.78, 5) is 3.67. The van der Waals surface area contributed by atoms with Crippen LogP contribution in [0.25, 0.3) is 0 Å². The van der Waals surface area contributed by atoms with Gasteiger partial charge in [0.05, 0.1) is 27.9 Å². The first-order chi connectivity index (χ1) is 10.2. The van der Waals surface area contributed by atoms with E-state index in [1.165, 1.54) is 7.11 Å². The van der Waals surface area contributed by atoms with Crippen molar-refractivity contribution in [2.75, 3.05) is 7.11 Å². The maximum absolute atomic E-state index is 12.6. The lowest BCUT2D eigenvalue weighted by Gasteiger charge is -2.11. The normalized spacial score (nSPS) is 11.4. The van der Waals surface area contributed by atoms with Gasteiger partial charge < -0.3 is 4.74 Å². The molecule has 116 valence electrons. The molecule has 1 aromatic heterocycles. The molecule has 0 aliphatic rings. The van der Waals surface area contributed by atoms with Gasteiger partial charge in [-0.3, -0.25) is 10.4 Å². The van der Waals surface area contributed by atoms with Crippen LogP contribution in [0.1, 0.15) is 16.8 Å². The van der Waals surface area contributed by atoms with E-state index in [-0.39, 0.29) is 16.4 Å². The fraction of sp³-hybridized carbons (Fsp3) is 0.143. The number of hydrogen-bond donors (Lipinski definition) is 1. The van der Waals surface area contributed by atoms with Gasteiger partial charge in [-0.15, -0.1) is 0 Å². The fourth-order valence-electron chi connectivity index (χ4n) is 1.74. The van der Waals surface area contributed by atoms with Crippen molar-refractivity contribution >= 4 is 33.2 Å². The second-order valence-corrected chi connectivity index (χ2v) is 5.54. The average Bonchev–Trinajstić information content (AvgIpc) is 2.45. The van der Waals surface area contributed by atoms with Gasteiger partial charge in [0.15, 0.2) is 0 Å². The molecule has 22 heavy (non-hydrogen) atoms. The first-order valence-corrected chi connectivity index (χ1v) is 7.06. The molecule has 0 aliphatic carbocycles. The zero-order valence-corrected chi connectivity index (χ0v) is 13.5. The molecule has 0 spiro atoms. The molecule has 0 saturated carbocycles. The van der Waals surface area contributed by atoms with Crippen molar-refractivity contribution in [1.29, 1.82) is 5.41 Å². The largest absolute Gasteiger partial charge is 0.496 e. The third kappa shape index (κ3) is 3.41.